The van der Waals surface area contributed by atoms with Gasteiger partial charge in [0, 0.05) is 49.4 Å². The Kier molecular flexibility index (Phi) is 15.4. The molecule has 16 heteroatoms. The summed E-state index contributed by atoms with van der Waals surface area (Å²) in [7, 11) is 2.89. The zero-order valence-corrected chi connectivity index (χ0v) is 36.5. The van der Waals surface area contributed by atoms with Crippen LogP contribution in [0.2, 0.25) is 0 Å². The summed E-state index contributed by atoms with van der Waals surface area (Å²) in [6, 6.07) is 33.4. The highest BCUT2D eigenvalue weighted by molar-refractivity contribution is 5.81. The Hall–Kier alpha value is -6.26. The number of ether oxygens (including phenoxy) is 4. The van der Waals surface area contributed by atoms with Crippen LogP contribution in [-0.2, 0) is 35.5 Å². The van der Waals surface area contributed by atoms with E-state index < -0.39 is 12.7 Å². The fourth-order valence-corrected chi connectivity index (χ4v) is 9.09. The molecule has 0 unspecified atom stereocenters. The summed E-state index contributed by atoms with van der Waals surface area (Å²) in [5.41, 5.74) is 4.34. The molecule has 4 atom stereocenters. The number of piperidine rings is 2. The van der Waals surface area contributed by atoms with Crippen molar-refractivity contribution in [3.8, 4) is 23.0 Å². The Bertz CT molecular complexity index is 2220. The average molecular weight is 919 g/mol. The van der Waals surface area contributed by atoms with Crippen molar-refractivity contribution in [2.45, 2.75) is 88.5 Å². The maximum atomic E-state index is 14.2. The van der Waals surface area contributed by atoms with Gasteiger partial charge in [0.2, 0.25) is 11.8 Å². The van der Waals surface area contributed by atoms with Crippen molar-refractivity contribution < 1.29 is 54.9 Å². The van der Waals surface area contributed by atoms with E-state index in [9.17, 15) is 35.9 Å². The first kappa shape index (κ1) is 47.7. The minimum atomic E-state index is -4.85. The standard InChI is InChI=1S/C50H52F6N4O6/c1-63-43-23-21-39(65-49(51,52)53)29-37(43)31-57-41-15-9-25-59(47(41)35-11-5-3-6-12-35)45(61)27-33-17-19-34(20-18-33)28-46(62)60-26-10-16-42(48(60)36-13-7-4-8-14-36)58-32-38-30-40(66-50(54,55)56)22-24-44(38)64-2/h3-8,11-14,17-24,29-30,41-42,47-48,57-58H,9-10,15-16,25-28,31-32H2,1-2H3/t41-,42-,47-,48-/m0/s1. The number of hydrogen-bond donors (Lipinski definition) is 2. The molecule has 0 aliphatic carbocycles. The zero-order valence-electron chi connectivity index (χ0n) is 36.5. The van der Waals surface area contributed by atoms with Crippen LogP contribution in [0.15, 0.2) is 121 Å². The quantitative estimate of drug-likeness (QED) is 0.0945. The number of halogens is 6. The number of amides is 2. The molecule has 5 aromatic carbocycles. The Morgan fingerprint density at radius 3 is 1.29 bits per heavy atom. The number of likely N-dealkylation sites (tertiary alicyclic amines) is 2. The van der Waals surface area contributed by atoms with E-state index >= 15 is 0 Å². The van der Waals surface area contributed by atoms with E-state index in [1.807, 2.05) is 94.7 Å². The number of carbonyl (C=O) groups excluding carboxylic acids is 2. The van der Waals surface area contributed by atoms with Crippen molar-refractivity contribution in [3.05, 3.63) is 155 Å². The lowest BCUT2D eigenvalue weighted by molar-refractivity contribution is -0.275. The van der Waals surface area contributed by atoms with Crippen LogP contribution in [0.4, 0.5) is 26.3 Å². The number of benzene rings is 5. The predicted molar refractivity (Wildman–Crippen MR) is 235 cm³/mol. The van der Waals surface area contributed by atoms with Crippen molar-refractivity contribution in [1.29, 1.82) is 0 Å². The van der Waals surface area contributed by atoms with Gasteiger partial charge in [-0.2, -0.15) is 0 Å². The van der Waals surface area contributed by atoms with Crippen LogP contribution < -0.4 is 29.6 Å². The molecule has 2 heterocycles. The summed E-state index contributed by atoms with van der Waals surface area (Å²) < 4.78 is 97.4. The van der Waals surface area contributed by atoms with E-state index in [2.05, 4.69) is 20.1 Å². The molecule has 2 amide bonds. The van der Waals surface area contributed by atoms with Gasteiger partial charge >= 0.3 is 12.7 Å². The van der Waals surface area contributed by atoms with Crippen molar-refractivity contribution in [1.82, 2.24) is 20.4 Å². The fourth-order valence-electron chi connectivity index (χ4n) is 9.09. The molecule has 0 saturated carbocycles. The third-order valence-corrected chi connectivity index (χ3v) is 12.0. The summed E-state index contributed by atoms with van der Waals surface area (Å²) in [6.07, 6.45) is -6.62. The van der Waals surface area contributed by atoms with Crippen LogP contribution >= 0.6 is 0 Å². The van der Waals surface area contributed by atoms with Gasteiger partial charge in [0.1, 0.15) is 23.0 Å². The number of nitrogens with zero attached hydrogens (tertiary/aromatic N) is 2. The van der Waals surface area contributed by atoms with Gasteiger partial charge in [0.15, 0.2) is 0 Å². The number of rotatable bonds is 16. The Balaban J connectivity index is 1.02. The second-order valence-corrected chi connectivity index (χ2v) is 16.4. The monoisotopic (exact) mass is 918 g/mol. The SMILES string of the molecule is COc1ccc(OC(F)(F)F)cc1CN[C@H]1CCCN(C(=O)Cc2ccc(CC(=O)N3CCC[C@H](NCc4cc(OC(F)(F)F)ccc4OC)[C@@H]3c3ccccc3)cc2)[C@H]1c1ccccc1. The molecule has 0 aromatic heterocycles. The summed E-state index contributed by atoms with van der Waals surface area (Å²) >= 11 is 0. The van der Waals surface area contributed by atoms with Crippen LogP contribution in [0.5, 0.6) is 23.0 Å². The van der Waals surface area contributed by atoms with E-state index in [0.29, 0.717) is 48.6 Å². The predicted octanol–water partition coefficient (Wildman–Crippen LogP) is 9.63. The molecular formula is C50H52F6N4O6. The second kappa shape index (κ2) is 21.4. The van der Waals surface area contributed by atoms with Gasteiger partial charge in [0.25, 0.3) is 0 Å². The van der Waals surface area contributed by atoms with Crippen molar-refractivity contribution in [2.24, 2.45) is 0 Å². The molecular weight excluding hydrogens is 867 g/mol. The molecule has 66 heavy (non-hydrogen) atoms. The summed E-state index contributed by atoms with van der Waals surface area (Å²) in [5, 5.41) is 7.00. The molecule has 10 nitrogen and oxygen atoms in total. The van der Waals surface area contributed by atoms with Crippen LogP contribution in [-0.4, -0.2) is 73.7 Å². The van der Waals surface area contributed by atoms with E-state index in [4.69, 9.17) is 9.47 Å². The van der Waals surface area contributed by atoms with E-state index in [-0.39, 0.29) is 73.4 Å². The molecule has 7 rings (SSSR count). The molecule has 0 bridgehead atoms. The number of alkyl halides is 6. The van der Waals surface area contributed by atoms with E-state index in [0.717, 1.165) is 35.1 Å². The van der Waals surface area contributed by atoms with Crippen LogP contribution in [0.3, 0.4) is 0 Å². The van der Waals surface area contributed by atoms with Gasteiger partial charge in [-0.25, -0.2) is 0 Å². The largest absolute Gasteiger partial charge is 0.573 e. The summed E-state index contributed by atoms with van der Waals surface area (Å²) in [5.74, 6) is -0.0911. The summed E-state index contributed by atoms with van der Waals surface area (Å²) in [4.78, 5) is 32.1. The highest BCUT2D eigenvalue weighted by atomic mass is 19.4. The van der Waals surface area contributed by atoms with Gasteiger partial charge in [-0.1, -0.05) is 84.9 Å². The Labute approximate surface area is 379 Å². The Morgan fingerprint density at radius 2 is 0.939 bits per heavy atom. The third kappa shape index (κ3) is 12.5. The smallest absolute Gasteiger partial charge is 0.496 e. The zero-order chi connectivity index (χ0) is 46.8. The molecule has 5 aromatic rings. The van der Waals surface area contributed by atoms with Crippen molar-refractivity contribution in [2.75, 3.05) is 27.3 Å². The minimum Gasteiger partial charge on any atom is -0.496 e. The third-order valence-electron chi connectivity index (χ3n) is 12.0. The molecule has 350 valence electrons. The lowest BCUT2D eigenvalue weighted by Crippen LogP contribution is -2.50. The number of hydrogen-bond acceptors (Lipinski definition) is 8. The molecule has 2 aliphatic heterocycles. The highest BCUT2D eigenvalue weighted by Crippen LogP contribution is 2.36. The lowest BCUT2D eigenvalue weighted by Gasteiger charge is -2.42. The van der Waals surface area contributed by atoms with Crippen LogP contribution in [0, 0.1) is 0 Å². The second-order valence-electron chi connectivity index (χ2n) is 16.4. The van der Waals surface area contributed by atoms with Gasteiger partial charge in [-0.15, -0.1) is 26.3 Å². The number of methoxy groups -OCH3 is 2. The van der Waals surface area contributed by atoms with E-state index in [1.165, 1.54) is 50.6 Å². The minimum absolute atomic E-state index is 0.0906. The van der Waals surface area contributed by atoms with E-state index in [1.54, 1.807) is 0 Å². The fraction of sp³-hybridized carbons (Fsp3) is 0.360. The molecule has 0 spiro atoms. The highest BCUT2D eigenvalue weighted by Gasteiger charge is 2.38. The van der Waals surface area contributed by atoms with Gasteiger partial charge in [-0.05, 0) is 84.3 Å². The van der Waals surface area contributed by atoms with Gasteiger partial charge in [-0.3, -0.25) is 9.59 Å². The molecule has 2 saturated heterocycles. The first-order valence-electron chi connectivity index (χ1n) is 21.8. The normalized spacial score (nSPS) is 19.0. The van der Waals surface area contributed by atoms with Crippen LogP contribution in [0.1, 0.15) is 71.1 Å². The van der Waals surface area contributed by atoms with Crippen molar-refractivity contribution in [3.63, 3.8) is 0 Å². The average Bonchev–Trinajstić information content (AvgIpc) is 3.30. The molecule has 2 fully saturated rings. The number of carbonyl (C=O) groups is 2. The first-order chi connectivity index (χ1) is 31.7. The lowest BCUT2D eigenvalue weighted by atomic mass is 9.89. The maximum absolute atomic E-state index is 14.2. The maximum Gasteiger partial charge on any atom is 0.573 e. The summed E-state index contributed by atoms with van der Waals surface area (Å²) in [6.45, 7) is 1.37. The van der Waals surface area contributed by atoms with Crippen molar-refractivity contribution >= 4 is 11.8 Å². The molecule has 2 aliphatic rings. The van der Waals surface area contributed by atoms with Crippen LogP contribution in [0.25, 0.3) is 0 Å². The molecule has 2 N–H and O–H groups in total. The van der Waals surface area contributed by atoms with Gasteiger partial charge < -0.3 is 39.4 Å². The first-order valence-corrected chi connectivity index (χ1v) is 21.8. The van der Waals surface area contributed by atoms with Gasteiger partial charge in [0.05, 0.1) is 39.1 Å². The Morgan fingerprint density at radius 1 is 0.561 bits per heavy atom. The topological polar surface area (TPSA) is 102 Å². The number of nitrogens with one attached hydrogen (secondary N) is 2. The molecule has 0 radical (unpaired) electrons.